The van der Waals surface area contributed by atoms with Gasteiger partial charge in [0.25, 0.3) is 5.91 Å². The molecule has 2 unspecified atom stereocenters. The van der Waals surface area contributed by atoms with Crippen LogP contribution in [0, 0.1) is 0 Å². The van der Waals surface area contributed by atoms with Crippen LogP contribution >= 0.6 is 6.72 Å². The molecule has 2 rings (SSSR count). The second-order valence-corrected chi connectivity index (χ2v) is 7.95. The average molecular weight is 364 g/mol. The summed E-state index contributed by atoms with van der Waals surface area (Å²) in [7, 11) is 2.81. The normalized spacial score (nSPS) is 33.7. The van der Waals surface area contributed by atoms with Crippen LogP contribution in [-0.4, -0.2) is 54.5 Å². The van der Waals surface area contributed by atoms with E-state index in [0.717, 1.165) is 0 Å². The molecule has 0 aromatic heterocycles. The number of amides is 1. The Kier molecular flexibility index (Phi) is 5.96. The lowest BCUT2D eigenvalue weighted by atomic mass is 10.1. The van der Waals surface area contributed by atoms with Gasteiger partial charge in [0.1, 0.15) is 18.0 Å². The Labute approximate surface area is 140 Å². The van der Waals surface area contributed by atoms with Crippen molar-refractivity contribution < 1.29 is 28.2 Å². The third kappa shape index (κ3) is 4.00. The Morgan fingerprint density at radius 3 is 2.74 bits per heavy atom. The van der Waals surface area contributed by atoms with Gasteiger partial charge in [-0.2, -0.15) is 0 Å². The number of hydrogen-bond acceptors (Lipinski definition) is 7. The van der Waals surface area contributed by atoms with Crippen molar-refractivity contribution in [2.75, 3.05) is 14.2 Å². The van der Waals surface area contributed by atoms with Crippen LogP contribution in [0.25, 0.3) is 0 Å². The van der Waals surface area contributed by atoms with Crippen LogP contribution in [-0.2, 0) is 35.1 Å². The van der Waals surface area contributed by atoms with Gasteiger partial charge in [-0.05, 0) is 18.2 Å². The van der Waals surface area contributed by atoms with Crippen molar-refractivity contribution in [3.8, 4) is 0 Å². The second kappa shape index (κ2) is 7.40. The van der Waals surface area contributed by atoms with Gasteiger partial charge in [0.2, 0.25) is 0 Å². The van der Waals surface area contributed by atoms with E-state index in [4.69, 9.17) is 30.3 Å². The van der Waals surface area contributed by atoms with Gasteiger partial charge < -0.3 is 29.1 Å². The minimum Gasteiger partial charge on any atom is -0.374 e. The molecule has 2 aliphatic rings. The molecule has 0 spiro atoms. The molecule has 23 heavy (non-hydrogen) atoms. The van der Waals surface area contributed by atoms with E-state index >= 15 is 0 Å². The van der Waals surface area contributed by atoms with Crippen molar-refractivity contribution in [1.82, 2.24) is 10.2 Å². The van der Waals surface area contributed by atoms with E-state index in [9.17, 15) is 9.69 Å². The molecule has 0 aliphatic carbocycles. The summed E-state index contributed by atoms with van der Waals surface area (Å²) in [6.45, 7) is 2.36. The summed E-state index contributed by atoms with van der Waals surface area (Å²) in [4.78, 5) is 23.0. The summed E-state index contributed by atoms with van der Waals surface area (Å²) >= 11 is 4.93. The minimum atomic E-state index is -3.37. The first kappa shape index (κ1) is 18.5. The van der Waals surface area contributed by atoms with E-state index in [1.807, 2.05) is 6.92 Å². The first-order valence-electron chi connectivity index (χ1n) is 7.04. The van der Waals surface area contributed by atoms with Crippen molar-refractivity contribution >= 4 is 24.4 Å². The van der Waals surface area contributed by atoms with Crippen LogP contribution in [0.4, 0.5) is 0 Å². The number of hydrogen-bond donors (Lipinski definition) is 2. The third-order valence-electron chi connectivity index (χ3n) is 3.69. The van der Waals surface area contributed by atoms with E-state index in [1.165, 1.54) is 20.3 Å². The standard InChI is InChI=1S/C13H21N2O6PS/c1-5-9-11(21-22(17,23)19-4)12(18-3)13(20-9)15-7-6-10(16)14-8(15)2/h6-7,9,11-13H,2,5H2,1,3-4H3,(H,14,16)(H,17,23)/t9-,11?,12+,13-,22?/m1/s1. The average Bonchev–Trinajstić information content (AvgIpc) is 2.84. The molecule has 10 heteroatoms. The van der Waals surface area contributed by atoms with Crippen LogP contribution in [0.1, 0.15) is 13.3 Å². The summed E-state index contributed by atoms with van der Waals surface area (Å²) in [6.07, 6.45) is 1.46. The van der Waals surface area contributed by atoms with Gasteiger partial charge in [-0.25, -0.2) is 0 Å². The maximum absolute atomic E-state index is 11.4. The predicted molar refractivity (Wildman–Crippen MR) is 86.4 cm³/mol. The van der Waals surface area contributed by atoms with E-state index in [-0.39, 0.29) is 12.0 Å². The second-order valence-electron chi connectivity index (χ2n) is 5.05. The number of nitrogens with one attached hydrogen (secondary N) is 1. The molecule has 1 amide bonds. The van der Waals surface area contributed by atoms with E-state index in [1.54, 1.807) is 11.1 Å². The molecular formula is C13H21N2O6PS. The highest BCUT2D eigenvalue weighted by molar-refractivity contribution is 8.07. The number of ether oxygens (including phenoxy) is 2. The van der Waals surface area contributed by atoms with Crippen LogP contribution in [0.5, 0.6) is 0 Å². The summed E-state index contributed by atoms with van der Waals surface area (Å²) in [5, 5.41) is 2.60. The number of nitrogens with zero attached hydrogens (tertiary/aromatic N) is 1. The topological polar surface area (TPSA) is 89.5 Å². The fourth-order valence-corrected chi connectivity index (χ4v) is 3.51. The zero-order valence-corrected chi connectivity index (χ0v) is 14.9. The van der Waals surface area contributed by atoms with Gasteiger partial charge in [-0.15, -0.1) is 0 Å². The lowest BCUT2D eigenvalue weighted by Crippen LogP contribution is -2.47. The molecule has 5 atom stereocenters. The van der Waals surface area contributed by atoms with E-state index < -0.39 is 25.2 Å². The highest BCUT2D eigenvalue weighted by Crippen LogP contribution is 2.48. The molecule has 0 aromatic rings. The molecule has 0 bridgehead atoms. The van der Waals surface area contributed by atoms with Gasteiger partial charge in [0.15, 0.2) is 6.23 Å². The molecule has 0 radical (unpaired) electrons. The number of methoxy groups -OCH3 is 1. The van der Waals surface area contributed by atoms with Crippen LogP contribution < -0.4 is 5.32 Å². The molecule has 2 aliphatic heterocycles. The van der Waals surface area contributed by atoms with Gasteiger partial charge in [0.05, 0.1) is 6.10 Å². The zero-order chi connectivity index (χ0) is 17.2. The predicted octanol–water partition coefficient (Wildman–Crippen LogP) is 0.801. The number of carbonyl (C=O) groups excluding carboxylic acids is 1. The van der Waals surface area contributed by atoms with Crippen LogP contribution in [0.2, 0.25) is 0 Å². The minimum absolute atomic E-state index is 0.261. The lowest BCUT2D eigenvalue weighted by molar-refractivity contribution is -0.118. The molecule has 1 saturated heterocycles. The number of carbonyl (C=O) groups is 1. The van der Waals surface area contributed by atoms with Crippen molar-refractivity contribution in [1.29, 1.82) is 0 Å². The van der Waals surface area contributed by atoms with E-state index in [2.05, 4.69) is 11.9 Å². The van der Waals surface area contributed by atoms with Crippen LogP contribution in [0.15, 0.2) is 24.7 Å². The largest absolute Gasteiger partial charge is 0.374 e. The Morgan fingerprint density at radius 2 is 2.22 bits per heavy atom. The highest BCUT2D eigenvalue weighted by Gasteiger charge is 2.49. The van der Waals surface area contributed by atoms with Gasteiger partial charge >= 0.3 is 6.72 Å². The van der Waals surface area contributed by atoms with E-state index in [0.29, 0.717) is 12.2 Å². The van der Waals surface area contributed by atoms with Gasteiger partial charge in [0, 0.05) is 26.5 Å². The fraction of sp³-hybridized carbons (Fsp3) is 0.615. The third-order valence-corrected chi connectivity index (χ3v) is 5.36. The molecule has 8 nitrogen and oxygen atoms in total. The summed E-state index contributed by atoms with van der Waals surface area (Å²) < 4.78 is 21.9. The Balaban J connectivity index is 2.25. The molecule has 2 heterocycles. The molecule has 130 valence electrons. The zero-order valence-electron chi connectivity index (χ0n) is 13.2. The molecular weight excluding hydrogens is 343 g/mol. The highest BCUT2D eigenvalue weighted by atomic mass is 32.5. The van der Waals surface area contributed by atoms with Gasteiger partial charge in [-0.1, -0.05) is 13.5 Å². The maximum atomic E-state index is 11.4. The monoisotopic (exact) mass is 364 g/mol. The summed E-state index contributed by atoms with van der Waals surface area (Å²) in [5.74, 6) is 0.110. The SMILES string of the molecule is C=C1NC(=O)C=CN1[C@@H]1O[C@H](CC)C(OP(O)(=S)OC)[C@@H]1OC. The quantitative estimate of drug-likeness (QED) is 0.669. The fourth-order valence-electron chi connectivity index (χ4n) is 2.56. The van der Waals surface area contributed by atoms with Crippen molar-refractivity contribution in [3.05, 3.63) is 24.7 Å². The molecule has 0 saturated carbocycles. The Hall–Kier alpha value is -0.800. The molecule has 1 fully saturated rings. The van der Waals surface area contributed by atoms with Crippen molar-refractivity contribution in [2.45, 2.75) is 37.9 Å². The summed E-state index contributed by atoms with van der Waals surface area (Å²) in [6, 6.07) is 0. The van der Waals surface area contributed by atoms with Crippen molar-refractivity contribution in [3.63, 3.8) is 0 Å². The number of rotatable bonds is 6. The maximum Gasteiger partial charge on any atom is 0.324 e. The Morgan fingerprint density at radius 1 is 1.52 bits per heavy atom. The van der Waals surface area contributed by atoms with Crippen molar-refractivity contribution in [2.24, 2.45) is 0 Å². The van der Waals surface area contributed by atoms with Crippen LogP contribution in [0.3, 0.4) is 0 Å². The first-order valence-corrected chi connectivity index (χ1v) is 9.63. The van der Waals surface area contributed by atoms with Gasteiger partial charge in [-0.3, -0.25) is 9.32 Å². The smallest absolute Gasteiger partial charge is 0.324 e. The lowest BCUT2D eigenvalue weighted by Gasteiger charge is -2.34. The Bertz CT molecular complexity index is 557. The first-order chi connectivity index (χ1) is 10.8. The summed E-state index contributed by atoms with van der Waals surface area (Å²) in [5.41, 5.74) is 0. The molecule has 0 aromatic carbocycles. The molecule has 2 N–H and O–H groups in total.